The minimum absolute atomic E-state index is 0.204. The second-order valence-electron chi connectivity index (χ2n) is 7.02. The van der Waals surface area contributed by atoms with Crippen LogP contribution >= 0.6 is 0 Å². The Morgan fingerprint density at radius 3 is 2.44 bits per heavy atom. The lowest BCUT2D eigenvalue weighted by atomic mass is 10.1. The van der Waals surface area contributed by atoms with E-state index in [1.807, 2.05) is 12.1 Å². The zero-order valence-corrected chi connectivity index (χ0v) is 15.6. The van der Waals surface area contributed by atoms with Crippen LogP contribution in [-0.2, 0) is 11.2 Å². The average Bonchev–Trinajstić information content (AvgIpc) is 2.62. The smallest absolute Gasteiger partial charge is 0.407 e. The van der Waals surface area contributed by atoms with Crippen molar-refractivity contribution in [3.8, 4) is 11.6 Å². The number of nitrogens with one attached hydrogen (secondary N) is 1. The van der Waals surface area contributed by atoms with Crippen LogP contribution in [0.4, 0.5) is 4.79 Å². The second-order valence-corrected chi connectivity index (χ2v) is 7.02. The Bertz CT molecular complexity index is 751. The van der Waals surface area contributed by atoms with Crippen LogP contribution in [0, 0.1) is 0 Å². The van der Waals surface area contributed by atoms with Crippen LogP contribution in [0.25, 0.3) is 0 Å². The van der Waals surface area contributed by atoms with Gasteiger partial charge in [0.15, 0.2) is 6.29 Å². The average molecular weight is 372 g/mol. The topological polar surface area (TPSA) is 97.8 Å². The van der Waals surface area contributed by atoms with Crippen LogP contribution < -0.4 is 10.1 Å². The summed E-state index contributed by atoms with van der Waals surface area (Å²) in [5.74, 6) is 0.971. The molecule has 1 aromatic heterocycles. The first kappa shape index (κ1) is 20.4. The lowest BCUT2D eigenvalue weighted by molar-refractivity contribution is 0.0482. The first-order valence-electron chi connectivity index (χ1n) is 8.57. The highest BCUT2D eigenvalue weighted by Crippen LogP contribution is 2.20. The molecule has 0 aliphatic heterocycles. The fraction of sp³-hybridized carbons (Fsp3) is 0.350. The predicted octanol–water partition coefficient (Wildman–Crippen LogP) is 3.11. The van der Waals surface area contributed by atoms with Gasteiger partial charge in [-0.1, -0.05) is 12.1 Å². The van der Waals surface area contributed by atoms with E-state index in [9.17, 15) is 14.7 Å². The first-order valence-corrected chi connectivity index (χ1v) is 8.57. The maximum Gasteiger partial charge on any atom is 0.407 e. The molecule has 0 saturated carbocycles. The summed E-state index contributed by atoms with van der Waals surface area (Å²) in [4.78, 5) is 26.5. The Balaban J connectivity index is 1.92. The van der Waals surface area contributed by atoms with Crippen LogP contribution in [0.15, 0.2) is 42.6 Å². The lowest BCUT2D eigenvalue weighted by Crippen LogP contribution is -2.42. The number of hydrogen-bond acceptors (Lipinski definition) is 6. The van der Waals surface area contributed by atoms with Gasteiger partial charge in [-0.2, -0.15) is 0 Å². The Labute approximate surface area is 158 Å². The van der Waals surface area contributed by atoms with Crippen molar-refractivity contribution in [2.24, 2.45) is 0 Å². The fourth-order valence-corrected chi connectivity index (χ4v) is 2.26. The van der Waals surface area contributed by atoms with E-state index in [0.29, 0.717) is 29.9 Å². The number of hydrogen-bond donors (Lipinski definition) is 2. The van der Waals surface area contributed by atoms with Crippen molar-refractivity contribution in [1.82, 2.24) is 10.3 Å². The summed E-state index contributed by atoms with van der Waals surface area (Å²) in [7, 11) is 0. The lowest BCUT2D eigenvalue weighted by Gasteiger charge is -2.22. The number of aromatic nitrogens is 1. The highest BCUT2D eigenvalue weighted by Gasteiger charge is 2.19. The summed E-state index contributed by atoms with van der Waals surface area (Å²) >= 11 is 0. The second kappa shape index (κ2) is 9.14. The molecule has 144 valence electrons. The minimum Gasteiger partial charge on any atom is -0.444 e. The van der Waals surface area contributed by atoms with Crippen molar-refractivity contribution >= 4 is 12.4 Å². The van der Waals surface area contributed by atoms with Gasteiger partial charge in [0, 0.05) is 17.8 Å². The molecule has 27 heavy (non-hydrogen) atoms. The Kier molecular flexibility index (Phi) is 6.90. The molecule has 1 amide bonds. The highest BCUT2D eigenvalue weighted by molar-refractivity contribution is 5.74. The first-order chi connectivity index (χ1) is 12.8. The molecule has 0 unspecified atom stereocenters. The van der Waals surface area contributed by atoms with Crippen molar-refractivity contribution in [2.45, 2.75) is 38.8 Å². The highest BCUT2D eigenvalue weighted by atomic mass is 16.6. The molecule has 0 radical (unpaired) electrons. The molecular formula is C20H24N2O5. The van der Waals surface area contributed by atoms with Gasteiger partial charge in [0.2, 0.25) is 5.88 Å². The van der Waals surface area contributed by atoms with Gasteiger partial charge in [-0.15, -0.1) is 0 Å². The number of carbonyl (C=O) groups is 2. The van der Waals surface area contributed by atoms with E-state index in [2.05, 4.69) is 10.3 Å². The van der Waals surface area contributed by atoms with Crippen molar-refractivity contribution in [3.63, 3.8) is 0 Å². The van der Waals surface area contributed by atoms with Crippen LogP contribution in [0.1, 0.15) is 36.7 Å². The van der Waals surface area contributed by atoms with E-state index in [4.69, 9.17) is 9.47 Å². The molecule has 0 saturated heterocycles. The fourth-order valence-electron chi connectivity index (χ4n) is 2.26. The summed E-state index contributed by atoms with van der Waals surface area (Å²) in [5.41, 5.74) is 0.799. The SMILES string of the molecule is CC(C)(C)OC(=O)N[C@H](CO)Cc1ccc(Oc2ccc(C=O)cn2)cc1. The number of aliphatic hydroxyl groups excluding tert-OH is 1. The van der Waals surface area contributed by atoms with Gasteiger partial charge in [-0.25, -0.2) is 9.78 Å². The molecule has 0 fully saturated rings. The summed E-state index contributed by atoms with van der Waals surface area (Å²) in [6.07, 6.45) is 2.04. The minimum atomic E-state index is -0.596. The monoisotopic (exact) mass is 372 g/mol. The number of nitrogens with zero attached hydrogens (tertiary/aromatic N) is 1. The Morgan fingerprint density at radius 1 is 1.22 bits per heavy atom. The molecule has 2 rings (SSSR count). The maximum absolute atomic E-state index is 11.8. The van der Waals surface area contributed by atoms with Gasteiger partial charge in [0.25, 0.3) is 0 Å². The van der Waals surface area contributed by atoms with Crippen molar-refractivity contribution < 1.29 is 24.2 Å². The molecule has 2 aromatic rings. The Hall–Kier alpha value is -2.93. The third-order valence-corrected chi connectivity index (χ3v) is 3.46. The van der Waals surface area contributed by atoms with E-state index in [0.717, 1.165) is 5.56 Å². The third-order valence-electron chi connectivity index (χ3n) is 3.46. The molecule has 0 aliphatic rings. The summed E-state index contributed by atoms with van der Waals surface area (Å²) in [6.45, 7) is 5.13. The summed E-state index contributed by atoms with van der Waals surface area (Å²) in [6, 6.07) is 10.0. The molecule has 1 aromatic carbocycles. The Morgan fingerprint density at radius 2 is 1.93 bits per heavy atom. The van der Waals surface area contributed by atoms with Crippen LogP contribution in [0.3, 0.4) is 0 Å². The molecular weight excluding hydrogens is 348 g/mol. The van der Waals surface area contributed by atoms with E-state index in [1.54, 1.807) is 45.0 Å². The summed E-state index contributed by atoms with van der Waals surface area (Å²) < 4.78 is 10.8. The van der Waals surface area contributed by atoms with E-state index >= 15 is 0 Å². The molecule has 1 atom stereocenters. The molecule has 0 aliphatic carbocycles. The quantitative estimate of drug-likeness (QED) is 0.725. The molecule has 7 nitrogen and oxygen atoms in total. The van der Waals surface area contributed by atoms with Gasteiger partial charge in [0.05, 0.1) is 12.6 Å². The van der Waals surface area contributed by atoms with Gasteiger partial charge in [0.1, 0.15) is 11.4 Å². The number of rotatable bonds is 7. The van der Waals surface area contributed by atoms with Crippen LogP contribution in [-0.4, -0.2) is 40.7 Å². The maximum atomic E-state index is 11.8. The van der Waals surface area contributed by atoms with E-state index in [1.165, 1.54) is 6.20 Å². The van der Waals surface area contributed by atoms with Crippen molar-refractivity contribution in [3.05, 3.63) is 53.7 Å². The standard InChI is InChI=1S/C20H24N2O5/c1-20(2,3)27-19(25)22-16(13-24)10-14-4-7-17(8-5-14)26-18-9-6-15(12-23)11-21-18/h4-9,11-12,16,24H,10,13H2,1-3H3,(H,22,25)/t16-/m0/s1. The van der Waals surface area contributed by atoms with E-state index in [-0.39, 0.29) is 6.61 Å². The molecule has 0 bridgehead atoms. The number of ether oxygens (including phenoxy) is 2. The number of amides is 1. The molecule has 1 heterocycles. The van der Waals surface area contributed by atoms with E-state index < -0.39 is 17.7 Å². The molecule has 2 N–H and O–H groups in total. The van der Waals surface area contributed by atoms with Gasteiger partial charge in [-0.3, -0.25) is 4.79 Å². The predicted molar refractivity (Wildman–Crippen MR) is 100 cm³/mol. The van der Waals surface area contributed by atoms with Crippen molar-refractivity contribution in [2.75, 3.05) is 6.61 Å². The number of carbonyl (C=O) groups excluding carboxylic acids is 2. The van der Waals surface area contributed by atoms with Gasteiger partial charge in [-0.05, 0) is 51.0 Å². The number of aliphatic hydroxyl groups is 1. The van der Waals surface area contributed by atoms with Gasteiger partial charge < -0.3 is 19.9 Å². The number of aldehydes is 1. The molecule has 7 heteroatoms. The van der Waals surface area contributed by atoms with Gasteiger partial charge >= 0.3 is 6.09 Å². The van der Waals surface area contributed by atoms with Crippen molar-refractivity contribution in [1.29, 1.82) is 0 Å². The normalized spacial score (nSPS) is 12.1. The number of benzene rings is 1. The van der Waals surface area contributed by atoms with Crippen LogP contribution in [0.2, 0.25) is 0 Å². The zero-order valence-electron chi connectivity index (χ0n) is 15.6. The zero-order chi connectivity index (χ0) is 19.9. The largest absolute Gasteiger partial charge is 0.444 e. The molecule has 0 spiro atoms. The number of alkyl carbamates (subject to hydrolysis) is 1. The summed E-state index contributed by atoms with van der Waals surface area (Å²) in [5, 5.41) is 12.2. The number of pyridine rings is 1. The third kappa shape index (κ3) is 7.07. The van der Waals surface area contributed by atoms with Crippen LogP contribution in [0.5, 0.6) is 11.6 Å².